The van der Waals surface area contributed by atoms with Gasteiger partial charge in [-0.2, -0.15) is 0 Å². The van der Waals surface area contributed by atoms with Crippen LogP contribution in [0.1, 0.15) is 26.9 Å². The van der Waals surface area contributed by atoms with Crippen molar-refractivity contribution in [3.8, 4) is 11.5 Å². The molecule has 0 unspecified atom stereocenters. The number of aliphatic hydroxyl groups is 2. The Morgan fingerprint density at radius 1 is 1.19 bits per heavy atom. The molecule has 0 spiro atoms. The lowest BCUT2D eigenvalue weighted by Crippen LogP contribution is -2.31. The van der Waals surface area contributed by atoms with E-state index >= 15 is 0 Å². The van der Waals surface area contributed by atoms with Crippen molar-refractivity contribution < 1.29 is 34.8 Å². The van der Waals surface area contributed by atoms with Gasteiger partial charge >= 0.3 is 0 Å². The third kappa shape index (κ3) is 4.51. The number of hydrogen-bond donors (Lipinski definition) is 6. The van der Waals surface area contributed by atoms with Crippen molar-refractivity contribution in [2.24, 2.45) is 0 Å². The Balaban J connectivity index is 1.42. The molecular weight excluding hydrogens is 474 g/mol. The van der Waals surface area contributed by atoms with Crippen LogP contribution in [0.5, 0.6) is 11.5 Å². The van der Waals surface area contributed by atoms with Gasteiger partial charge in [0.25, 0.3) is 11.8 Å². The number of nitrogens with one attached hydrogen (secondary N) is 1. The van der Waals surface area contributed by atoms with Crippen LogP contribution in [0.25, 0.3) is 11.2 Å². The van der Waals surface area contributed by atoms with Gasteiger partial charge in [-0.05, 0) is 12.1 Å². The van der Waals surface area contributed by atoms with Gasteiger partial charge in [0.1, 0.15) is 30.2 Å². The number of benzene rings is 1. The Morgan fingerprint density at radius 2 is 1.94 bits per heavy atom. The van der Waals surface area contributed by atoms with E-state index in [0.29, 0.717) is 11.2 Å². The fraction of sp³-hybridized carbons (Fsp3) is 0.318. The molecule has 4 atom stereocenters. The van der Waals surface area contributed by atoms with Gasteiger partial charge in [0.2, 0.25) is 0 Å². The monoisotopic (exact) mass is 499 g/mol. The molecule has 14 nitrogen and oxygen atoms in total. The molecule has 4 rings (SSSR count). The lowest BCUT2D eigenvalue weighted by molar-refractivity contribution is -0.0245. The molecule has 1 fully saturated rings. The zero-order valence-corrected chi connectivity index (χ0v) is 19.3. The minimum Gasteiger partial charge on any atom is -0.504 e. The molecule has 1 saturated heterocycles. The minimum absolute atomic E-state index is 0.0255. The summed E-state index contributed by atoms with van der Waals surface area (Å²) in [5.41, 5.74) is 6.18. The standard InChI is InChI=1S/C22H25N7O7/c1-28(2)21(35)10-6-11(15(31)12(30)7-10)20(34)24-5-3-4-13-16(32)17(33)22(36-13)29-9-27-14-18(23)25-8-26-19(14)29/h3-4,6-9,13,16-17,22,30-33H,5H2,1-2H3,(H,24,34)(H2,23,25,26)/b4-3+/t13-,16-,17-,22-/m1/s1. The molecule has 7 N–H and O–H groups in total. The zero-order chi connectivity index (χ0) is 26.1. The van der Waals surface area contributed by atoms with Crippen molar-refractivity contribution in [3.63, 3.8) is 0 Å². The molecule has 0 radical (unpaired) electrons. The number of amides is 2. The lowest BCUT2D eigenvalue weighted by atomic mass is 10.1. The van der Waals surface area contributed by atoms with Crippen molar-refractivity contribution in [3.05, 3.63) is 48.1 Å². The number of nitrogens with two attached hydrogens (primary N) is 1. The molecule has 3 heterocycles. The molecule has 1 aliphatic rings. The van der Waals surface area contributed by atoms with E-state index < -0.39 is 47.9 Å². The zero-order valence-electron chi connectivity index (χ0n) is 19.3. The fourth-order valence-electron chi connectivity index (χ4n) is 3.75. The number of nitrogen functional groups attached to an aromatic ring is 1. The van der Waals surface area contributed by atoms with E-state index in [0.717, 1.165) is 6.07 Å². The average molecular weight is 499 g/mol. The lowest BCUT2D eigenvalue weighted by Gasteiger charge is -2.16. The quantitative estimate of drug-likeness (QED) is 0.181. The summed E-state index contributed by atoms with van der Waals surface area (Å²) in [7, 11) is 3.02. The number of phenolic OH excluding ortho intramolecular Hbond substituents is 2. The molecule has 0 saturated carbocycles. The van der Waals surface area contributed by atoms with Crippen molar-refractivity contribution >= 4 is 28.8 Å². The highest BCUT2D eigenvalue weighted by Gasteiger charge is 2.43. The molecule has 0 aliphatic carbocycles. The number of carbonyl (C=O) groups is 2. The summed E-state index contributed by atoms with van der Waals surface area (Å²) in [4.78, 5) is 38.0. The molecular formula is C22H25N7O7. The van der Waals surface area contributed by atoms with Gasteiger partial charge in [-0.3, -0.25) is 14.2 Å². The molecule has 190 valence electrons. The predicted octanol–water partition coefficient (Wildman–Crippen LogP) is -0.873. The average Bonchev–Trinajstić information content (AvgIpc) is 3.39. The third-order valence-corrected chi connectivity index (χ3v) is 5.63. The summed E-state index contributed by atoms with van der Waals surface area (Å²) in [5, 5.41) is 43.4. The number of phenols is 2. The number of fused-ring (bicyclic) bond motifs is 1. The number of imidazole rings is 1. The van der Waals surface area contributed by atoms with Crippen LogP contribution >= 0.6 is 0 Å². The number of aliphatic hydroxyl groups excluding tert-OH is 2. The van der Waals surface area contributed by atoms with Crippen LogP contribution in [0.3, 0.4) is 0 Å². The first kappa shape index (κ1) is 24.8. The molecule has 1 aliphatic heterocycles. The summed E-state index contributed by atoms with van der Waals surface area (Å²) >= 11 is 0. The molecule has 0 bridgehead atoms. The van der Waals surface area contributed by atoms with Gasteiger partial charge in [-0.1, -0.05) is 12.2 Å². The van der Waals surface area contributed by atoms with E-state index in [1.54, 1.807) is 0 Å². The van der Waals surface area contributed by atoms with E-state index in [9.17, 15) is 30.0 Å². The summed E-state index contributed by atoms with van der Waals surface area (Å²) in [6.07, 6.45) is 1.06. The van der Waals surface area contributed by atoms with E-state index in [1.807, 2.05) is 0 Å². The second kappa shape index (κ2) is 9.77. The maximum absolute atomic E-state index is 12.5. The first-order valence-corrected chi connectivity index (χ1v) is 10.8. The molecule has 2 amide bonds. The van der Waals surface area contributed by atoms with E-state index in [4.69, 9.17) is 10.5 Å². The Bertz CT molecular complexity index is 1340. The number of ether oxygens (including phenoxy) is 1. The molecule has 2 aromatic heterocycles. The normalized spacial score (nSPS) is 21.8. The Morgan fingerprint density at radius 3 is 2.67 bits per heavy atom. The highest BCUT2D eigenvalue weighted by molar-refractivity contribution is 6.02. The second-order valence-corrected chi connectivity index (χ2v) is 8.28. The van der Waals surface area contributed by atoms with Crippen LogP contribution in [-0.4, -0.2) is 95.6 Å². The van der Waals surface area contributed by atoms with E-state index in [-0.39, 0.29) is 23.5 Å². The van der Waals surface area contributed by atoms with Crippen molar-refractivity contribution in [1.29, 1.82) is 0 Å². The van der Waals surface area contributed by atoms with Crippen molar-refractivity contribution in [1.82, 2.24) is 29.7 Å². The van der Waals surface area contributed by atoms with Crippen molar-refractivity contribution in [2.75, 3.05) is 26.4 Å². The largest absolute Gasteiger partial charge is 0.504 e. The van der Waals surface area contributed by atoms with Crippen LogP contribution in [0.4, 0.5) is 5.82 Å². The number of aromatic nitrogens is 4. The highest BCUT2D eigenvalue weighted by atomic mass is 16.6. The Hall–Kier alpha value is -4.27. The Kier molecular flexibility index (Phi) is 6.74. The van der Waals surface area contributed by atoms with Gasteiger partial charge in [0, 0.05) is 26.2 Å². The number of rotatable bonds is 6. The third-order valence-electron chi connectivity index (χ3n) is 5.63. The van der Waals surface area contributed by atoms with Crippen LogP contribution in [0.15, 0.2) is 36.9 Å². The number of nitrogens with zero attached hydrogens (tertiary/aromatic N) is 5. The van der Waals surface area contributed by atoms with E-state index in [1.165, 1.54) is 54.4 Å². The summed E-state index contributed by atoms with van der Waals surface area (Å²) < 4.78 is 7.22. The number of carbonyl (C=O) groups excluding carboxylic acids is 2. The number of aromatic hydroxyl groups is 2. The van der Waals surface area contributed by atoms with Gasteiger partial charge in [0.15, 0.2) is 29.2 Å². The number of hydrogen-bond acceptors (Lipinski definition) is 11. The summed E-state index contributed by atoms with van der Waals surface area (Å²) in [5.74, 6) is -2.31. The van der Waals surface area contributed by atoms with Gasteiger partial charge in [-0.25, -0.2) is 15.0 Å². The molecule has 1 aromatic carbocycles. The van der Waals surface area contributed by atoms with Crippen LogP contribution in [0, 0.1) is 0 Å². The van der Waals surface area contributed by atoms with Gasteiger partial charge < -0.3 is 41.1 Å². The highest BCUT2D eigenvalue weighted by Crippen LogP contribution is 2.33. The Labute approximate surface area is 204 Å². The fourth-order valence-corrected chi connectivity index (χ4v) is 3.75. The molecule has 3 aromatic rings. The first-order chi connectivity index (χ1) is 17.1. The van der Waals surface area contributed by atoms with Crippen LogP contribution < -0.4 is 11.1 Å². The topological polar surface area (TPSA) is 209 Å². The second-order valence-electron chi connectivity index (χ2n) is 8.28. The predicted molar refractivity (Wildman–Crippen MR) is 125 cm³/mol. The SMILES string of the molecule is CN(C)C(=O)c1cc(O)c(O)c(C(=O)NC/C=C/[C@H]2O[C@@H](n3cnc4c(N)ncnc43)[C@H](O)[C@@H]2O)c1. The maximum atomic E-state index is 12.5. The molecule has 36 heavy (non-hydrogen) atoms. The number of anilines is 1. The van der Waals surface area contributed by atoms with E-state index in [2.05, 4.69) is 20.3 Å². The summed E-state index contributed by atoms with van der Waals surface area (Å²) in [6.45, 7) is -0.0456. The maximum Gasteiger partial charge on any atom is 0.255 e. The van der Waals surface area contributed by atoms with Crippen LogP contribution in [-0.2, 0) is 4.74 Å². The summed E-state index contributed by atoms with van der Waals surface area (Å²) in [6, 6.07) is 2.24. The van der Waals surface area contributed by atoms with Crippen molar-refractivity contribution in [2.45, 2.75) is 24.5 Å². The smallest absolute Gasteiger partial charge is 0.255 e. The molecule has 14 heteroatoms. The van der Waals surface area contributed by atoms with Gasteiger partial charge in [0.05, 0.1) is 11.9 Å². The van der Waals surface area contributed by atoms with Crippen LogP contribution in [0.2, 0.25) is 0 Å². The first-order valence-electron chi connectivity index (χ1n) is 10.8. The minimum atomic E-state index is -1.31. The van der Waals surface area contributed by atoms with Gasteiger partial charge in [-0.15, -0.1) is 0 Å².